The van der Waals surface area contributed by atoms with Crippen molar-refractivity contribution in [3.63, 3.8) is 0 Å². The van der Waals surface area contributed by atoms with Crippen LogP contribution >= 0.6 is 0 Å². The minimum absolute atomic E-state index is 1.18. The lowest BCUT2D eigenvalue weighted by atomic mass is 10.1. The molecule has 0 N–H and O–H groups in total. The van der Waals surface area contributed by atoms with Crippen molar-refractivity contribution in [1.29, 1.82) is 0 Å². The molecule has 13 heavy (non-hydrogen) atoms. The van der Waals surface area contributed by atoms with E-state index in [1.165, 1.54) is 57.3 Å². The van der Waals surface area contributed by atoms with Crippen LogP contribution in [0.1, 0.15) is 52.4 Å². The van der Waals surface area contributed by atoms with Gasteiger partial charge in [0.25, 0.3) is 0 Å². The number of nitrogens with zero attached hydrogens (tertiary/aromatic N) is 1. The highest BCUT2D eigenvalue weighted by molar-refractivity contribution is 4.99. The SMILES string of the molecule is CCCCN1CCC[C]=C1CCC. The number of rotatable bonds is 5. The quantitative estimate of drug-likeness (QED) is 0.627. The first-order valence-electron chi connectivity index (χ1n) is 5.73. The second-order valence-electron chi connectivity index (χ2n) is 3.82. The summed E-state index contributed by atoms with van der Waals surface area (Å²) in [5, 5.41) is 0. The molecule has 0 atom stereocenters. The third kappa shape index (κ3) is 3.41. The Balaban J connectivity index is 2.39. The van der Waals surface area contributed by atoms with Gasteiger partial charge in [0.1, 0.15) is 0 Å². The van der Waals surface area contributed by atoms with Crippen LogP contribution < -0.4 is 0 Å². The zero-order chi connectivity index (χ0) is 9.52. The molecule has 0 unspecified atom stereocenters. The van der Waals surface area contributed by atoms with Gasteiger partial charge in [-0.2, -0.15) is 0 Å². The fourth-order valence-electron chi connectivity index (χ4n) is 1.83. The second kappa shape index (κ2) is 6.06. The van der Waals surface area contributed by atoms with E-state index in [2.05, 4.69) is 24.8 Å². The maximum Gasteiger partial charge on any atom is 0.0178 e. The molecule has 1 aliphatic heterocycles. The molecule has 0 aliphatic carbocycles. The van der Waals surface area contributed by atoms with Gasteiger partial charge in [-0.15, -0.1) is 0 Å². The maximum absolute atomic E-state index is 3.52. The average Bonchev–Trinajstić information content (AvgIpc) is 2.17. The molecule has 0 aromatic rings. The lowest BCUT2D eigenvalue weighted by Gasteiger charge is -2.30. The molecule has 1 rings (SSSR count). The molecule has 0 fully saturated rings. The molecule has 0 aromatic heterocycles. The Morgan fingerprint density at radius 3 is 2.85 bits per heavy atom. The topological polar surface area (TPSA) is 3.24 Å². The summed E-state index contributed by atoms with van der Waals surface area (Å²) in [4.78, 5) is 2.54. The van der Waals surface area contributed by atoms with Gasteiger partial charge in [-0.25, -0.2) is 0 Å². The zero-order valence-electron chi connectivity index (χ0n) is 9.10. The van der Waals surface area contributed by atoms with Crippen LogP contribution in [0.5, 0.6) is 0 Å². The van der Waals surface area contributed by atoms with Crippen LogP contribution in [-0.2, 0) is 0 Å². The molecule has 75 valence electrons. The van der Waals surface area contributed by atoms with E-state index >= 15 is 0 Å². The molecule has 1 nitrogen and oxygen atoms in total. The van der Waals surface area contributed by atoms with E-state index in [4.69, 9.17) is 0 Å². The van der Waals surface area contributed by atoms with E-state index in [9.17, 15) is 0 Å². The fraction of sp³-hybridized carbons (Fsp3) is 0.833. The molecule has 1 heterocycles. The summed E-state index contributed by atoms with van der Waals surface area (Å²) < 4.78 is 0. The van der Waals surface area contributed by atoms with Gasteiger partial charge in [0, 0.05) is 18.8 Å². The van der Waals surface area contributed by atoms with Crippen molar-refractivity contribution in [1.82, 2.24) is 4.90 Å². The van der Waals surface area contributed by atoms with Crippen LogP contribution in [0.4, 0.5) is 0 Å². The first kappa shape index (κ1) is 10.6. The lowest BCUT2D eigenvalue weighted by Crippen LogP contribution is -2.28. The maximum atomic E-state index is 3.52. The molecular formula is C12H22N. The molecule has 0 aromatic carbocycles. The van der Waals surface area contributed by atoms with Gasteiger partial charge >= 0.3 is 0 Å². The summed E-state index contributed by atoms with van der Waals surface area (Å²) in [6.07, 6.45) is 11.1. The summed E-state index contributed by atoms with van der Waals surface area (Å²) in [7, 11) is 0. The average molecular weight is 180 g/mol. The standard InChI is InChI=1S/C12H22N/c1-3-5-10-13-11-7-6-9-12(13)8-4-2/h3-8,10-11H2,1-2H3. The predicted octanol–water partition coefficient (Wildman–Crippen LogP) is 3.37. The van der Waals surface area contributed by atoms with Gasteiger partial charge in [-0.1, -0.05) is 26.7 Å². The van der Waals surface area contributed by atoms with Crippen molar-refractivity contribution in [2.24, 2.45) is 0 Å². The summed E-state index contributed by atoms with van der Waals surface area (Å²) in [5.41, 5.74) is 1.49. The fourth-order valence-corrected chi connectivity index (χ4v) is 1.83. The third-order valence-corrected chi connectivity index (χ3v) is 2.58. The van der Waals surface area contributed by atoms with E-state index in [-0.39, 0.29) is 0 Å². The Morgan fingerprint density at radius 2 is 2.15 bits per heavy atom. The van der Waals surface area contributed by atoms with Crippen LogP contribution in [0.3, 0.4) is 0 Å². The normalized spacial score (nSPS) is 17.4. The molecule has 0 bridgehead atoms. The molecule has 1 aliphatic rings. The summed E-state index contributed by atoms with van der Waals surface area (Å²) in [6.45, 7) is 7.03. The van der Waals surface area contributed by atoms with Crippen molar-refractivity contribution in [2.45, 2.75) is 52.4 Å². The molecule has 0 saturated heterocycles. The van der Waals surface area contributed by atoms with Crippen molar-refractivity contribution < 1.29 is 0 Å². The van der Waals surface area contributed by atoms with Gasteiger partial charge in [-0.05, 0) is 31.8 Å². The molecule has 0 saturated carbocycles. The lowest BCUT2D eigenvalue weighted by molar-refractivity contribution is 0.302. The largest absolute Gasteiger partial charge is 0.375 e. The van der Waals surface area contributed by atoms with Crippen LogP contribution in [0.25, 0.3) is 0 Å². The van der Waals surface area contributed by atoms with Crippen molar-refractivity contribution in [3.05, 3.63) is 11.8 Å². The van der Waals surface area contributed by atoms with Gasteiger partial charge in [0.05, 0.1) is 0 Å². The van der Waals surface area contributed by atoms with Gasteiger partial charge in [0.15, 0.2) is 0 Å². The minimum atomic E-state index is 1.18. The highest BCUT2D eigenvalue weighted by Gasteiger charge is 2.11. The van der Waals surface area contributed by atoms with Crippen LogP contribution in [0.2, 0.25) is 0 Å². The third-order valence-electron chi connectivity index (χ3n) is 2.58. The predicted molar refractivity (Wildman–Crippen MR) is 57.4 cm³/mol. The van der Waals surface area contributed by atoms with Crippen LogP contribution in [0, 0.1) is 6.08 Å². The highest BCUT2D eigenvalue weighted by Crippen LogP contribution is 2.18. The minimum Gasteiger partial charge on any atom is -0.375 e. The summed E-state index contributed by atoms with van der Waals surface area (Å²) in [6, 6.07) is 0. The second-order valence-corrected chi connectivity index (χ2v) is 3.82. The summed E-state index contributed by atoms with van der Waals surface area (Å²) >= 11 is 0. The van der Waals surface area contributed by atoms with E-state index in [0.717, 1.165) is 0 Å². The Morgan fingerprint density at radius 1 is 1.31 bits per heavy atom. The van der Waals surface area contributed by atoms with Crippen LogP contribution in [0.15, 0.2) is 5.70 Å². The van der Waals surface area contributed by atoms with Gasteiger partial charge in [0.2, 0.25) is 0 Å². The number of unbranched alkanes of at least 4 members (excludes halogenated alkanes) is 1. The highest BCUT2D eigenvalue weighted by atomic mass is 15.1. The molecule has 0 spiro atoms. The Labute approximate surface area is 82.8 Å². The smallest absolute Gasteiger partial charge is 0.0178 e. The Bertz CT molecular complexity index is 161. The van der Waals surface area contributed by atoms with Crippen molar-refractivity contribution in [3.8, 4) is 0 Å². The molecule has 1 heteroatoms. The summed E-state index contributed by atoms with van der Waals surface area (Å²) in [5.74, 6) is 0. The zero-order valence-corrected chi connectivity index (χ0v) is 9.10. The van der Waals surface area contributed by atoms with Crippen LogP contribution in [-0.4, -0.2) is 18.0 Å². The first-order chi connectivity index (χ1) is 6.38. The van der Waals surface area contributed by atoms with E-state index in [1.807, 2.05) is 0 Å². The van der Waals surface area contributed by atoms with Gasteiger partial charge < -0.3 is 4.90 Å². The Kier molecular flexibility index (Phi) is 4.95. The van der Waals surface area contributed by atoms with Crippen molar-refractivity contribution in [2.75, 3.05) is 13.1 Å². The Hall–Kier alpha value is -0.460. The number of allylic oxidation sites excluding steroid dienone is 2. The van der Waals surface area contributed by atoms with Crippen molar-refractivity contribution >= 4 is 0 Å². The number of hydrogen-bond acceptors (Lipinski definition) is 1. The first-order valence-corrected chi connectivity index (χ1v) is 5.73. The monoisotopic (exact) mass is 180 g/mol. The van der Waals surface area contributed by atoms with E-state index in [0.29, 0.717) is 0 Å². The molecular weight excluding hydrogens is 158 g/mol. The number of hydrogen-bond donors (Lipinski definition) is 0. The van der Waals surface area contributed by atoms with Gasteiger partial charge in [-0.3, -0.25) is 0 Å². The van der Waals surface area contributed by atoms with E-state index < -0.39 is 0 Å². The molecule has 0 amide bonds. The van der Waals surface area contributed by atoms with E-state index in [1.54, 1.807) is 0 Å². The molecule has 1 radical (unpaired) electrons.